The number of ether oxygens (including phenoxy) is 2. The lowest BCUT2D eigenvalue weighted by Gasteiger charge is -2.22. The maximum atomic E-state index is 5.74. The van der Waals surface area contributed by atoms with Gasteiger partial charge in [-0.2, -0.15) is 0 Å². The van der Waals surface area contributed by atoms with Crippen LogP contribution in [0.3, 0.4) is 0 Å². The Bertz CT molecular complexity index is 312. The molecule has 2 rings (SSSR count). The molecule has 3 nitrogen and oxygen atoms in total. The molecule has 1 aliphatic heterocycles. The van der Waals surface area contributed by atoms with E-state index in [1.54, 1.807) is 13.7 Å². The second-order valence-corrected chi connectivity index (χ2v) is 2.99. The summed E-state index contributed by atoms with van der Waals surface area (Å²) >= 11 is 0. The molecule has 1 aliphatic rings. The molecular formula is C10H12NO2. The summed E-state index contributed by atoms with van der Waals surface area (Å²) in [7, 11) is 1.66. The molecule has 0 unspecified atom stereocenters. The first-order valence-electron chi connectivity index (χ1n) is 4.21. The lowest BCUT2D eigenvalue weighted by molar-refractivity contribution is 0.0972. The van der Waals surface area contributed by atoms with E-state index in [0.717, 1.165) is 17.7 Å². The fourth-order valence-electron chi connectivity index (χ4n) is 1.48. The van der Waals surface area contributed by atoms with Crippen LogP contribution in [0.1, 0.15) is 17.4 Å². The Morgan fingerprint density at radius 1 is 1.54 bits per heavy atom. The molecule has 2 N–H and O–H groups in total. The molecule has 0 saturated carbocycles. The van der Waals surface area contributed by atoms with Gasteiger partial charge in [0.15, 0.2) is 0 Å². The van der Waals surface area contributed by atoms with Crippen LogP contribution in [0.15, 0.2) is 18.2 Å². The Balaban J connectivity index is 2.39. The lowest BCUT2D eigenvalue weighted by Crippen LogP contribution is -2.20. The highest BCUT2D eigenvalue weighted by molar-refractivity contribution is 5.38. The van der Waals surface area contributed by atoms with Gasteiger partial charge in [0.25, 0.3) is 0 Å². The van der Waals surface area contributed by atoms with Crippen molar-refractivity contribution in [3.05, 3.63) is 35.9 Å². The van der Waals surface area contributed by atoms with Gasteiger partial charge in [-0.25, -0.2) is 0 Å². The molecular weight excluding hydrogens is 166 g/mol. The van der Waals surface area contributed by atoms with Crippen LogP contribution < -0.4 is 10.5 Å². The van der Waals surface area contributed by atoms with Crippen molar-refractivity contribution in [3.63, 3.8) is 0 Å². The van der Waals surface area contributed by atoms with Crippen LogP contribution in [0.2, 0.25) is 0 Å². The number of fused-ring (bicyclic) bond motifs is 1. The van der Waals surface area contributed by atoms with E-state index < -0.39 is 0 Å². The van der Waals surface area contributed by atoms with Crippen LogP contribution in [0, 0.1) is 6.61 Å². The predicted molar refractivity (Wildman–Crippen MR) is 49.0 cm³/mol. The maximum Gasteiger partial charge on any atom is 0.132 e. The predicted octanol–water partition coefficient (Wildman–Crippen LogP) is 1.39. The first kappa shape index (κ1) is 8.53. The van der Waals surface area contributed by atoms with E-state index in [9.17, 15) is 0 Å². The molecule has 1 radical (unpaired) electrons. The van der Waals surface area contributed by atoms with Crippen LogP contribution in [-0.2, 0) is 11.2 Å². The van der Waals surface area contributed by atoms with Crippen LogP contribution in [0.5, 0.6) is 5.75 Å². The smallest absolute Gasteiger partial charge is 0.132 e. The number of hydrogen-bond donors (Lipinski definition) is 1. The summed E-state index contributed by atoms with van der Waals surface area (Å²) in [6, 6.07) is 5.84. The van der Waals surface area contributed by atoms with Gasteiger partial charge in [-0.3, -0.25) is 0 Å². The van der Waals surface area contributed by atoms with Gasteiger partial charge in [0.1, 0.15) is 12.0 Å². The average Bonchev–Trinajstić information content (AvgIpc) is 2.18. The molecule has 0 bridgehead atoms. The summed E-state index contributed by atoms with van der Waals surface area (Å²) in [5, 5.41) is 0. The van der Waals surface area contributed by atoms with E-state index in [-0.39, 0.29) is 6.23 Å². The maximum absolute atomic E-state index is 5.74. The molecule has 1 aromatic rings. The summed E-state index contributed by atoms with van der Waals surface area (Å²) in [6.07, 6.45) is 0.468. The molecule has 0 saturated heterocycles. The molecule has 3 heteroatoms. The normalized spacial score (nSPS) is 20.9. The van der Waals surface area contributed by atoms with Crippen molar-refractivity contribution in [2.24, 2.45) is 5.73 Å². The highest BCUT2D eigenvalue weighted by Crippen LogP contribution is 2.28. The van der Waals surface area contributed by atoms with Crippen molar-refractivity contribution in [3.8, 4) is 5.75 Å². The summed E-state index contributed by atoms with van der Waals surface area (Å²) in [6.45, 7) is 1.73. The third kappa shape index (κ3) is 1.53. The Morgan fingerprint density at radius 2 is 2.38 bits per heavy atom. The lowest BCUT2D eigenvalue weighted by atomic mass is 10.0. The number of hydrogen-bond acceptors (Lipinski definition) is 3. The Kier molecular flexibility index (Phi) is 2.20. The van der Waals surface area contributed by atoms with Crippen LogP contribution in [0.4, 0.5) is 0 Å². The van der Waals surface area contributed by atoms with E-state index in [2.05, 4.69) is 0 Å². The van der Waals surface area contributed by atoms with Gasteiger partial charge in [-0.1, -0.05) is 6.07 Å². The van der Waals surface area contributed by atoms with Crippen LogP contribution in [-0.4, -0.2) is 7.11 Å². The molecule has 69 valence electrons. The molecule has 0 spiro atoms. The summed E-state index contributed by atoms with van der Waals surface area (Å²) in [4.78, 5) is 0. The molecule has 1 aromatic carbocycles. The van der Waals surface area contributed by atoms with Crippen molar-refractivity contribution in [1.29, 1.82) is 0 Å². The van der Waals surface area contributed by atoms with Gasteiger partial charge in [0, 0.05) is 6.42 Å². The SMILES string of the molecule is COc1ccc2c(c1)C[CH]O[C@H]2N. The average molecular weight is 178 g/mol. The topological polar surface area (TPSA) is 44.5 Å². The van der Waals surface area contributed by atoms with Gasteiger partial charge in [-0.15, -0.1) is 0 Å². The van der Waals surface area contributed by atoms with Crippen LogP contribution in [0.25, 0.3) is 0 Å². The molecule has 0 amide bonds. The number of nitrogens with two attached hydrogens (primary N) is 1. The number of benzene rings is 1. The fourth-order valence-corrected chi connectivity index (χ4v) is 1.48. The Morgan fingerprint density at radius 3 is 3.15 bits per heavy atom. The van der Waals surface area contributed by atoms with Crippen molar-refractivity contribution >= 4 is 0 Å². The third-order valence-electron chi connectivity index (χ3n) is 2.20. The van der Waals surface area contributed by atoms with Gasteiger partial charge in [-0.05, 0) is 23.3 Å². The zero-order chi connectivity index (χ0) is 9.26. The first-order valence-corrected chi connectivity index (χ1v) is 4.21. The van der Waals surface area contributed by atoms with Crippen molar-refractivity contribution in [2.75, 3.05) is 7.11 Å². The van der Waals surface area contributed by atoms with Crippen molar-refractivity contribution in [2.45, 2.75) is 12.6 Å². The quantitative estimate of drug-likeness (QED) is 0.706. The number of rotatable bonds is 1. The van der Waals surface area contributed by atoms with E-state index in [1.807, 2.05) is 18.2 Å². The van der Waals surface area contributed by atoms with Gasteiger partial charge in [0.05, 0.1) is 13.7 Å². The summed E-state index contributed by atoms with van der Waals surface area (Å²) in [5.41, 5.74) is 7.97. The van der Waals surface area contributed by atoms with Crippen molar-refractivity contribution < 1.29 is 9.47 Å². The molecule has 13 heavy (non-hydrogen) atoms. The standard InChI is InChI=1S/C10H12NO2/c1-12-8-2-3-9-7(6-8)4-5-13-10(9)11/h2-3,5-6,10H,4,11H2,1H3/t10-/m1/s1. The molecule has 0 fully saturated rings. The first-order chi connectivity index (χ1) is 6.31. The molecule has 0 aromatic heterocycles. The van der Waals surface area contributed by atoms with E-state index in [1.165, 1.54) is 5.56 Å². The fraction of sp³-hybridized carbons (Fsp3) is 0.300. The third-order valence-corrected chi connectivity index (χ3v) is 2.20. The van der Waals surface area contributed by atoms with E-state index >= 15 is 0 Å². The minimum absolute atomic E-state index is 0.324. The summed E-state index contributed by atoms with van der Waals surface area (Å²) in [5.74, 6) is 0.862. The van der Waals surface area contributed by atoms with E-state index in [0.29, 0.717) is 0 Å². The van der Waals surface area contributed by atoms with E-state index in [4.69, 9.17) is 15.2 Å². The number of methoxy groups -OCH3 is 1. The van der Waals surface area contributed by atoms with Gasteiger partial charge >= 0.3 is 0 Å². The monoisotopic (exact) mass is 178 g/mol. The Hall–Kier alpha value is -1.06. The zero-order valence-electron chi connectivity index (χ0n) is 7.49. The zero-order valence-corrected chi connectivity index (χ0v) is 7.49. The van der Waals surface area contributed by atoms with Crippen LogP contribution >= 0.6 is 0 Å². The highest BCUT2D eigenvalue weighted by atomic mass is 16.5. The summed E-state index contributed by atoms with van der Waals surface area (Å²) < 4.78 is 10.3. The second-order valence-electron chi connectivity index (χ2n) is 2.99. The molecule has 1 atom stereocenters. The van der Waals surface area contributed by atoms with Crippen molar-refractivity contribution in [1.82, 2.24) is 0 Å². The van der Waals surface area contributed by atoms with Gasteiger partial charge in [0.2, 0.25) is 0 Å². The largest absolute Gasteiger partial charge is 0.497 e. The molecule has 1 heterocycles. The Labute approximate surface area is 77.5 Å². The second kappa shape index (κ2) is 3.36. The molecule has 0 aliphatic carbocycles. The highest BCUT2D eigenvalue weighted by Gasteiger charge is 2.17. The minimum atomic E-state index is -0.324. The minimum Gasteiger partial charge on any atom is -0.497 e. The van der Waals surface area contributed by atoms with Gasteiger partial charge < -0.3 is 15.2 Å².